The molecule has 0 bridgehead atoms. The van der Waals surface area contributed by atoms with Gasteiger partial charge in [0.05, 0.1) is 47.7 Å². The van der Waals surface area contributed by atoms with Crippen LogP contribution in [0.2, 0.25) is 0 Å². The van der Waals surface area contributed by atoms with Crippen LogP contribution < -0.4 is 9.47 Å². The van der Waals surface area contributed by atoms with E-state index in [-0.39, 0.29) is 0 Å². The smallest absolute Gasteiger partial charge is 0.119 e. The molecule has 0 saturated carbocycles. The number of aryl methyl sites for hydroxylation is 2. The average Bonchev–Trinajstić information content (AvgIpc) is 3.74. The van der Waals surface area contributed by atoms with Crippen molar-refractivity contribution in [3.63, 3.8) is 0 Å². The molecule has 0 fully saturated rings. The lowest BCUT2D eigenvalue weighted by Gasteiger charge is -2.11. The van der Waals surface area contributed by atoms with Gasteiger partial charge in [-0.2, -0.15) is 0 Å². The molecule has 0 aliphatic carbocycles. The second-order valence-corrected chi connectivity index (χ2v) is 14.4. The topological polar surface area (TPSA) is 54.1 Å². The fourth-order valence-electron chi connectivity index (χ4n) is 8.14. The third-order valence-electron chi connectivity index (χ3n) is 11.0. The second kappa shape index (κ2) is 13.3. The molecule has 0 unspecified atom stereocenters. The van der Waals surface area contributed by atoms with Crippen molar-refractivity contribution in [2.75, 3.05) is 14.2 Å². The Balaban J connectivity index is 0.956. The number of ether oxygens (including phenoxy) is 2. The van der Waals surface area contributed by atoms with Crippen molar-refractivity contribution in [1.29, 1.82) is 0 Å². The maximum Gasteiger partial charge on any atom is 0.119 e. The molecule has 10 rings (SSSR count). The number of nitrogens with zero attached hydrogens (tertiary/aromatic N) is 4. The first-order chi connectivity index (χ1) is 27.4. The van der Waals surface area contributed by atoms with Crippen LogP contribution in [-0.4, -0.2) is 33.3 Å². The summed E-state index contributed by atoms with van der Waals surface area (Å²) < 4.78 is 15.8. The molecule has 0 atom stereocenters. The number of pyridine rings is 2. The van der Waals surface area contributed by atoms with Gasteiger partial charge in [0.1, 0.15) is 11.5 Å². The van der Waals surface area contributed by atoms with Gasteiger partial charge in [-0.15, -0.1) is 0 Å². The van der Waals surface area contributed by atoms with Crippen molar-refractivity contribution in [3.05, 3.63) is 169 Å². The summed E-state index contributed by atoms with van der Waals surface area (Å²) >= 11 is 0. The SMILES string of the molecule is COc1ccc2c(c1)c1cc(C)ccc1n2-c1ccc(-c2cc(-c3ccnc(-c4ccc(-n5c6ccc(C)cc6c6cc(OC)ccc65)cc4)c3)ccn2)cc1. The van der Waals surface area contributed by atoms with Crippen LogP contribution in [0.25, 0.3) is 88.6 Å². The molecule has 4 heterocycles. The minimum absolute atomic E-state index is 0.853. The molecular formula is C50H38N4O2. The first kappa shape index (κ1) is 33.4. The van der Waals surface area contributed by atoms with Crippen LogP contribution in [0, 0.1) is 13.8 Å². The van der Waals surface area contributed by atoms with Crippen molar-refractivity contribution in [2.24, 2.45) is 0 Å². The summed E-state index contributed by atoms with van der Waals surface area (Å²) in [7, 11) is 3.43. The first-order valence-electron chi connectivity index (χ1n) is 18.8. The Kier molecular flexibility index (Phi) is 7.92. The number of hydrogen-bond donors (Lipinski definition) is 0. The molecule has 6 aromatic carbocycles. The number of hydrogen-bond acceptors (Lipinski definition) is 4. The summed E-state index contributed by atoms with van der Waals surface area (Å²) in [5, 5.41) is 4.77. The quantitative estimate of drug-likeness (QED) is 0.164. The predicted octanol–water partition coefficient (Wildman–Crippen LogP) is 12.3. The zero-order valence-electron chi connectivity index (χ0n) is 31.6. The van der Waals surface area contributed by atoms with Gasteiger partial charge in [-0.3, -0.25) is 9.97 Å². The van der Waals surface area contributed by atoms with Crippen LogP contribution in [0.1, 0.15) is 11.1 Å². The van der Waals surface area contributed by atoms with Crippen molar-refractivity contribution in [3.8, 4) is 56.5 Å². The van der Waals surface area contributed by atoms with E-state index < -0.39 is 0 Å². The Bertz CT molecular complexity index is 2910. The monoisotopic (exact) mass is 726 g/mol. The zero-order valence-corrected chi connectivity index (χ0v) is 31.6. The number of rotatable bonds is 7. The lowest BCUT2D eigenvalue weighted by molar-refractivity contribution is 0.415. The van der Waals surface area contributed by atoms with Gasteiger partial charge in [0.2, 0.25) is 0 Å². The molecule has 0 N–H and O–H groups in total. The molecular weight excluding hydrogens is 689 g/mol. The van der Waals surface area contributed by atoms with E-state index in [4.69, 9.17) is 19.4 Å². The normalized spacial score (nSPS) is 11.6. The summed E-state index contributed by atoms with van der Waals surface area (Å²) in [5.41, 5.74) is 15.4. The molecule has 0 radical (unpaired) electrons. The molecule has 6 heteroatoms. The molecule has 0 aliphatic rings. The molecule has 56 heavy (non-hydrogen) atoms. The van der Waals surface area contributed by atoms with Gasteiger partial charge in [0.15, 0.2) is 0 Å². The summed E-state index contributed by atoms with van der Waals surface area (Å²) in [5.74, 6) is 1.71. The fraction of sp³-hybridized carbons (Fsp3) is 0.0800. The maximum atomic E-state index is 5.58. The Morgan fingerprint density at radius 2 is 0.750 bits per heavy atom. The molecule has 10 aromatic rings. The van der Waals surface area contributed by atoms with Gasteiger partial charge in [0.25, 0.3) is 0 Å². The average molecular weight is 727 g/mol. The highest BCUT2D eigenvalue weighted by Crippen LogP contribution is 2.37. The molecule has 0 amide bonds. The largest absolute Gasteiger partial charge is 0.497 e. The van der Waals surface area contributed by atoms with Crippen LogP contribution in [0.4, 0.5) is 0 Å². The van der Waals surface area contributed by atoms with Crippen molar-refractivity contribution >= 4 is 43.6 Å². The van der Waals surface area contributed by atoms with E-state index in [0.29, 0.717) is 0 Å². The summed E-state index contributed by atoms with van der Waals surface area (Å²) in [4.78, 5) is 9.57. The van der Waals surface area contributed by atoms with E-state index in [1.54, 1.807) is 14.2 Å². The molecule has 0 saturated heterocycles. The Labute approximate surface area is 324 Å². The lowest BCUT2D eigenvalue weighted by Crippen LogP contribution is -1.95. The first-order valence-corrected chi connectivity index (χ1v) is 18.8. The van der Waals surface area contributed by atoms with E-state index in [1.807, 2.05) is 24.5 Å². The molecule has 0 aliphatic heterocycles. The minimum Gasteiger partial charge on any atom is -0.497 e. The van der Waals surface area contributed by atoms with Gasteiger partial charge >= 0.3 is 0 Å². The number of methoxy groups -OCH3 is 2. The fourth-order valence-corrected chi connectivity index (χ4v) is 8.14. The number of benzene rings is 6. The van der Waals surface area contributed by atoms with Crippen LogP contribution in [0.5, 0.6) is 11.5 Å². The van der Waals surface area contributed by atoms with Gasteiger partial charge < -0.3 is 18.6 Å². The summed E-state index contributed by atoms with van der Waals surface area (Å²) in [6.07, 6.45) is 3.78. The van der Waals surface area contributed by atoms with Crippen LogP contribution in [-0.2, 0) is 0 Å². The van der Waals surface area contributed by atoms with Crippen LogP contribution in [0.15, 0.2) is 158 Å². The molecule has 0 spiro atoms. The van der Waals surface area contributed by atoms with Gasteiger partial charge in [-0.1, -0.05) is 47.5 Å². The summed E-state index contributed by atoms with van der Waals surface area (Å²) in [6.45, 7) is 4.27. The van der Waals surface area contributed by atoms with Gasteiger partial charge in [-0.05, 0) is 134 Å². The Morgan fingerprint density at radius 3 is 1.14 bits per heavy atom. The second-order valence-electron chi connectivity index (χ2n) is 14.4. The van der Waals surface area contributed by atoms with Gasteiger partial charge in [0, 0.05) is 56.4 Å². The van der Waals surface area contributed by atoms with Crippen molar-refractivity contribution in [2.45, 2.75) is 13.8 Å². The van der Waals surface area contributed by atoms with E-state index in [9.17, 15) is 0 Å². The minimum atomic E-state index is 0.853. The Morgan fingerprint density at radius 1 is 0.375 bits per heavy atom. The Hall–Kier alpha value is -7.18. The van der Waals surface area contributed by atoms with Crippen LogP contribution >= 0.6 is 0 Å². The van der Waals surface area contributed by atoms with Crippen molar-refractivity contribution in [1.82, 2.24) is 19.1 Å². The summed E-state index contributed by atoms with van der Waals surface area (Å²) in [6, 6.07) is 51.6. The van der Waals surface area contributed by atoms with E-state index in [0.717, 1.165) is 78.6 Å². The lowest BCUT2D eigenvalue weighted by atomic mass is 10.0. The third kappa shape index (κ3) is 5.57. The standard InChI is InChI=1S/C50H38N4O2/c1-31-5-17-47-41(25-31)43-29-39(55-3)15-19-49(43)53(47)37-11-7-33(8-12-37)45-27-35(21-23-51-45)36-22-24-52-46(28-36)34-9-13-38(14-10-34)54-48-18-6-32(2)26-42(48)44-30-40(56-4)16-20-50(44)54/h5-30H,1-4H3. The highest BCUT2D eigenvalue weighted by Gasteiger charge is 2.16. The van der Waals surface area contributed by atoms with Gasteiger partial charge in [-0.25, -0.2) is 0 Å². The van der Waals surface area contributed by atoms with E-state index in [2.05, 4.69) is 156 Å². The molecule has 4 aromatic heterocycles. The predicted molar refractivity (Wildman–Crippen MR) is 230 cm³/mol. The van der Waals surface area contributed by atoms with E-state index in [1.165, 1.54) is 32.7 Å². The number of fused-ring (bicyclic) bond motifs is 6. The van der Waals surface area contributed by atoms with Crippen molar-refractivity contribution < 1.29 is 9.47 Å². The van der Waals surface area contributed by atoms with E-state index >= 15 is 0 Å². The third-order valence-corrected chi connectivity index (χ3v) is 11.0. The zero-order chi connectivity index (χ0) is 37.9. The van der Waals surface area contributed by atoms with Crippen LogP contribution in [0.3, 0.4) is 0 Å². The highest BCUT2D eigenvalue weighted by atomic mass is 16.5. The maximum absolute atomic E-state index is 5.58. The highest BCUT2D eigenvalue weighted by molar-refractivity contribution is 6.11. The molecule has 6 nitrogen and oxygen atoms in total. The molecule has 270 valence electrons. The number of aromatic nitrogens is 4.